The van der Waals surface area contributed by atoms with Crippen LogP contribution < -0.4 is 4.74 Å². The molecule has 1 saturated carbocycles. The summed E-state index contributed by atoms with van der Waals surface area (Å²) in [6.45, 7) is 4.46. The number of aromatic nitrogens is 3. The second-order valence-electron chi connectivity index (χ2n) is 5.85. The molecule has 6 heteroatoms. The van der Waals surface area contributed by atoms with Gasteiger partial charge in [-0.25, -0.2) is 9.50 Å². The molecular weight excluding hydrogens is 270 g/mol. The second kappa shape index (κ2) is 5.02. The van der Waals surface area contributed by atoms with Gasteiger partial charge in [-0.1, -0.05) is 13.8 Å². The number of carbonyl (C=O) groups excluding carboxylic acids is 1. The number of fused-ring (bicyclic) bond motifs is 1. The van der Waals surface area contributed by atoms with Crippen LogP contribution in [0.4, 0.5) is 0 Å². The van der Waals surface area contributed by atoms with Crippen LogP contribution in [0.5, 0.6) is 5.75 Å². The molecule has 0 saturated heterocycles. The van der Waals surface area contributed by atoms with Crippen molar-refractivity contribution < 1.29 is 14.3 Å². The van der Waals surface area contributed by atoms with E-state index in [1.165, 1.54) is 0 Å². The highest BCUT2D eigenvalue weighted by Gasteiger charge is 2.56. The van der Waals surface area contributed by atoms with Crippen molar-refractivity contribution in [3.8, 4) is 5.75 Å². The topological polar surface area (TPSA) is 65.7 Å². The van der Waals surface area contributed by atoms with Crippen molar-refractivity contribution in [1.29, 1.82) is 0 Å². The fourth-order valence-corrected chi connectivity index (χ4v) is 2.27. The summed E-state index contributed by atoms with van der Waals surface area (Å²) in [6.07, 6.45) is 3.27. The molecule has 0 aromatic carbocycles. The number of carbonyl (C=O) groups is 1. The zero-order valence-electron chi connectivity index (χ0n) is 12.5. The molecule has 0 radical (unpaired) electrons. The van der Waals surface area contributed by atoms with Crippen LogP contribution in [0.25, 0.3) is 5.65 Å². The van der Waals surface area contributed by atoms with Crippen LogP contribution in [0.3, 0.4) is 0 Å². The van der Waals surface area contributed by atoms with E-state index in [0.29, 0.717) is 29.7 Å². The number of pyridine rings is 1. The first kappa shape index (κ1) is 13.9. The summed E-state index contributed by atoms with van der Waals surface area (Å²) in [7, 11) is 1.59. The van der Waals surface area contributed by atoms with Crippen molar-refractivity contribution in [2.75, 3.05) is 13.7 Å². The first-order chi connectivity index (χ1) is 10.1. The van der Waals surface area contributed by atoms with Gasteiger partial charge in [0.2, 0.25) is 0 Å². The Bertz CT molecular complexity index is 674. The minimum atomic E-state index is -0.661. The van der Waals surface area contributed by atoms with E-state index in [2.05, 4.69) is 10.1 Å². The van der Waals surface area contributed by atoms with E-state index in [-0.39, 0.29) is 5.97 Å². The fourth-order valence-electron chi connectivity index (χ4n) is 2.27. The van der Waals surface area contributed by atoms with Gasteiger partial charge in [-0.15, -0.1) is 5.10 Å². The minimum Gasteiger partial charge on any atom is -0.493 e. The summed E-state index contributed by atoms with van der Waals surface area (Å²) in [5.41, 5.74) is -0.0377. The molecule has 0 atom stereocenters. The maximum absolute atomic E-state index is 12.3. The Kier molecular flexibility index (Phi) is 3.31. The highest BCUT2D eigenvalue weighted by atomic mass is 16.5. The predicted octanol–water partition coefficient (Wildman–Crippen LogP) is 1.97. The Morgan fingerprint density at radius 2 is 2.24 bits per heavy atom. The Morgan fingerprint density at radius 3 is 2.86 bits per heavy atom. The molecule has 1 fully saturated rings. The van der Waals surface area contributed by atoms with E-state index in [4.69, 9.17) is 9.47 Å². The Labute approximate surface area is 123 Å². The molecule has 2 heterocycles. The lowest BCUT2D eigenvalue weighted by Gasteiger charge is -2.12. The standard InChI is InChI=1S/C15H19N3O3/c1-10(2)9-21-14(19)15(6-7-15)13-16-12-11(20-3)5-4-8-18(12)17-13/h4-5,8,10H,6-7,9H2,1-3H3. The third-order valence-corrected chi connectivity index (χ3v) is 3.66. The molecule has 3 rings (SSSR count). The smallest absolute Gasteiger partial charge is 0.319 e. The Balaban J connectivity index is 1.91. The van der Waals surface area contributed by atoms with E-state index < -0.39 is 5.41 Å². The van der Waals surface area contributed by atoms with Crippen LogP contribution in [0.15, 0.2) is 18.3 Å². The van der Waals surface area contributed by atoms with Gasteiger partial charge < -0.3 is 9.47 Å². The normalized spacial score (nSPS) is 16.2. The lowest BCUT2D eigenvalue weighted by molar-refractivity contribution is -0.148. The molecule has 6 nitrogen and oxygen atoms in total. The average Bonchev–Trinajstić information content (AvgIpc) is 3.17. The van der Waals surface area contributed by atoms with E-state index >= 15 is 0 Å². The quantitative estimate of drug-likeness (QED) is 0.787. The van der Waals surface area contributed by atoms with Gasteiger partial charge in [0.1, 0.15) is 5.41 Å². The third kappa shape index (κ3) is 2.34. The van der Waals surface area contributed by atoms with Crippen molar-refractivity contribution >= 4 is 11.6 Å². The average molecular weight is 289 g/mol. The molecular formula is C15H19N3O3. The molecule has 21 heavy (non-hydrogen) atoms. The second-order valence-corrected chi connectivity index (χ2v) is 5.85. The molecule has 0 spiro atoms. The van der Waals surface area contributed by atoms with Crippen LogP contribution in [0.2, 0.25) is 0 Å². The molecule has 0 bridgehead atoms. The molecule has 112 valence electrons. The maximum atomic E-state index is 12.3. The number of hydrogen-bond donors (Lipinski definition) is 0. The molecule has 0 aliphatic heterocycles. The maximum Gasteiger partial charge on any atom is 0.319 e. The van der Waals surface area contributed by atoms with E-state index in [1.54, 1.807) is 17.8 Å². The lowest BCUT2D eigenvalue weighted by Crippen LogP contribution is -2.26. The first-order valence-electron chi connectivity index (χ1n) is 7.14. The number of ether oxygens (including phenoxy) is 2. The van der Waals surface area contributed by atoms with Gasteiger partial charge in [-0.05, 0) is 30.9 Å². The third-order valence-electron chi connectivity index (χ3n) is 3.66. The zero-order valence-corrected chi connectivity index (χ0v) is 12.5. The van der Waals surface area contributed by atoms with Gasteiger partial charge in [0.25, 0.3) is 0 Å². The number of rotatable bonds is 5. The summed E-state index contributed by atoms with van der Waals surface area (Å²) in [4.78, 5) is 16.8. The minimum absolute atomic E-state index is 0.217. The van der Waals surface area contributed by atoms with Crippen molar-refractivity contribution in [3.05, 3.63) is 24.2 Å². The van der Waals surface area contributed by atoms with E-state index in [9.17, 15) is 4.79 Å². The molecule has 0 N–H and O–H groups in total. The van der Waals surface area contributed by atoms with Crippen LogP contribution in [-0.2, 0) is 14.9 Å². The number of hydrogen-bond acceptors (Lipinski definition) is 5. The summed E-state index contributed by atoms with van der Waals surface area (Å²) >= 11 is 0. The molecule has 0 unspecified atom stereocenters. The Hall–Kier alpha value is -2.11. The van der Waals surface area contributed by atoms with Crippen molar-refractivity contribution in [1.82, 2.24) is 14.6 Å². The molecule has 2 aromatic rings. The molecule has 2 aromatic heterocycles. The number of methoxy groups -OCH3 is 1. The highest BCUT2D eigenvalue weighted by molar-refractivity contribution is 5.85. The largest absolute Gasteiger partial charge is 0.493 e. The number of nitrogens with zero attached hydrogens (tertiary/aromatic N) is 3. The summed E-state index contributed by atoms with van der Waals surface area (Å²) in [5.74, 6) is 1.27. The van der Waals surface area contributed by atoms with Crippen molar-refractivity contribution in [2.45, 2.75) is 32.1 Å². The fraction of sp³-hybridized carbons (Fsp3) is 0.533. The summed E-state index contributed by atoms with van der Waals surface area (Å²) < 4.78 is 12.3. The molecule has 0 amide bonds. The van der Waals surface area contributed by atoms with Gasteiger partial charge in [0, 0.05) is 6.20 Å². The monoisotopic (exact) mass is 289 g/mol. The van der Waals surface area contributed by atoms with Gasteiger partial charge in [-0.3, -0.25) is 4.79 Å². The van der Waals surface area contributed by atoms with Crippen molar-refractivity contribution in [2.24, 2.45) is 5.92 Å². The highest BCUT2D eigenvalue weighted by Crippen LogP contribution is 2.48. The Morgan fingerprint density at radius 1 is 1.48 bits per heavy atom. The lowest BCUT2D eigenvalue weighted by atomic mass is 10.1. The SMILES string of the molecule is COc1cccn2nc(C3(C(=O)OCC(C)C)CC3)nc12. The molecule has 1 aliphatic rings. The van der Waals surface area contributed by atoms with Crippen LogP contribution in [-0.4, -0.2) is 34.3 Å². The van der Waals surface area contributed by atoms with E-state index in [0.717, 1.165) is 12.8 Å². The van der Waals surface area contributed by atoms with Gasteiger partial charge in [0.05, 0.1) is 13.7 Å². The number of esters is 1. The zero-order chi connectivity index (χ0) is 15.0. The van der Waals surface area contributed by atoms with Crippen LogP contribution in [0, 0.1) is 5.92 Å². The molecule has 1 aliphatic carbocycles. The van der Waals surface area contributed by atoms with Gasteiger partial charge in [-0.2, -0.15) is 0 Å². The van der Waals surface area contributed by atoms with Crippen LogP contribution >= 0.6 is 0 Å². The summed E-state index contributed by atoms with van der Waals surface area (Å²) in [6, 6.07) is 3.66. The predicted molar refractivity (Wildman–Crippen MR) is 76.2 cm³/mol. The van der Waals surface area contributed by atoms with Crippen LogP contribution in [0.1, 0.15) is 32.5 Å². The van der Waals surface area contributed by atoms with E-state index in [1.807, 2.05) is 26.0 Å². The first-order valence-corrected chi connectivity index (χ1v) is 7.14. The summed E-state index contributed by atoms with van der Waals surface area (Å²) in [5, 5.41) is 4.43. The van der Waals surface area contributed by atoms with Gasteiger partial charge in [0.15, 0.2) is 17.2 Å². The van der Waals surface area contributed by atoms with Gasteiger partial charge >= 0.3 is 5.97 Å². The van der Waals surface area contributed by atoms with Crippen molar-refractivity contribution in [3.63, 3.8) is 0 Å².